The summed E-state index contributed by atoms with van der Waals surface area (Å²) in [7, 11) is 0. The monoisotopic (exact) mass is 1040 g/mol. The second kappa shape index (κ2) is 53.2. The Balaban J connectivity index is 2.23. The maximum atomic E-state index is 13.0. The Kier molecular flexibility index (Phi) is 48.8. The largest absolute Gasteiger partial charge is 0.394 e. The molecule has 7 unspecified atom stereocenters. The molecule has 0 aromatic rings. The van der Waals surface area contributed by atoms with Gasteiger partial charge in [0.1, 0.15) is 24.4 Å². The maximum absolute atomic E-state index is 13.0. The Morgan fingerprint density at radius 3 is 1.28 bits per heavy atom. The van der Waals surface area contributed by atoms with Gasteiger partial charge in [0, 0.05) is 6.42 Å². The molecule has 1 heterocycles. The average molecular weight is 1040 g/mol. The van der Waals surface area contributed by atoms with Crippen molar-refractivity contribution in [2.75, 3.05) is 13.2 Å². The minimum absolute atomic E-state index is 0.214. The summed E-state index contributed by atoms with van der Waals surface area (Å²) in [4.78, 5) is 13.0. The predicted octanol–water partition coefficient (Wildman–Crippen LogP) is 14.8. The van der Waals surface area contributed by atoms with E-state index in [1.165, 1.54) is 32.1 Å². The predicted molar refractivity (Wildman–Crippen MR) is 317 cm³/mol. The molecule has 0 spiro atoms. The molecule has 1 aliphatic rings. The number of ether oxygens (including phenoxy) is 2. The number of carbonyl (C=O) groups is 1. The van der Waals surface area contributed by atoms with Gasteiger partial charge in [-0.1, -0.05) is 223 Å². The number of aliphatic hydroxyl groups is 5. The van der Waals surface area contributed by atoms with E-state index in [1.54, 1.807) is 6.08 Å². The SMILES string of the molecule is CC/C=C\C/C=C\C/C=C\C/C=C\C/C=C\C/C=C\C/C=C\C/C=C\C/C=C\C/C=C\CCCCCCCCC(=O)NC(COC1OC(CO)C(O)C(O)C1O)C(O)/C=C/CC/C=C/CC/C=C/CCCCCCC. The van der Waals surface area contributed by atoms with Gasteiger partial charge in [-0.3, -0.25) is 4.79 Å². The normalized spacial score (nSPS) is 20.1. The summed E-state index contributed by atoms with van der Waals surface area (Å²) in [5, 5.41) is 54.4. The fraction of sp³-hybridized carbons (Fsp3) is 0.591. The number of hydrogen-bond acceptors (Lipinski definition) is 8. The smallest absolute Gasteiger partial charge is 0.220 e. The van der Waals surface area contributed by atoms with Crippen LogP contribution in [0.1, 0.15) is 194 Å². The summed E-state index contributed by atoms with van der Waals surface area (Å²) < 4.78 is 11.2. The first kappa shape index (κ1) is 68.8. The molecule has 422 valence electrons. The van der Waals surface area contributed by atoms with Crippen molar-refractivity contribution in [3.8, 4) is 0 Å². The molecule has 7 atom stereocenters. The highest BCUT2D eigenvalue weighted by atomic mass is 16.7. The zero-order valence-electron chi connectivity index (χ0n) is 46.7. The van der Waals surface area contributed by atoms with E-state index in [1.807, 2.05) is 6.08 Å². The van der Waals surface area contributed by atoms with Gasteiger partial charge in [-0.25, -0.2) is 0 Å². The van der Waals surface area contributed by atoms with Crippen molar-refractivity contribution in [1.82, 2.24) is 5.32 Å². The lowest BCUT2D eigenvalue weighted by Crippen LogP contribution is -2.60. The van der Waals surface area contributed by atoms with Crippen molar-refractivity contribution in [2.45, 2.75) is 236 Å². The third kappa shape index (κ3) is 42.6. The lowest BCUT2D eigenvalue weighted by Gasteiger charge is -2.40. The van der Waals surface area contributed by atoms with Gasteiger partial charge < -0.3 is 40.3 Å². The van der Waals surface area contributed by atoms with E-state index in [9.17, 15) is 30.3 Å². The van der Waals surface area contributed by atoms with Gasteiger partial charge in [-0.2, -0.15) is 0 Å². The summed E-state index contributed by atoms with van der Waals surface area (Å²) in [6, 6.07) is -0.848. The maximum Gasteiger partial charge on any atom is 0.220 e. The number of carbonyl (C=O) groups excluding carboxylic acids is 1. The topological polar surface area (TPSA) is 149 Å². The molecule has 1 amide bonds. The van der Waals surface area contributed by atoms with Crippen LogP contribution in [0.4, 0.5) is 0 Å². The van der Waals surface area contributed by atoms with Crippen molar-refractivity contribution in [3.05, 3.63) is 158 Å². The molecule has 75 heavy (non-hydrogen) atoms. The van der Waals surface area contributed by atoms with Crippen LogP contribution in [0.5, 0.6) is 0 Å². The summed E-state index contributed by atoms with van der Waals surface area (Å²) >= 11 is 0. The highest BCUT2D eigenvalue weighted by Gasteiger charge is 2.44. The first-order chi connectivity index (χ1) is 36.8. The van der Waals surface area contributed by atoms with Crippen LogP contribution in [0, 0.1) is 0 Å². The van der Waals surface area contributed by atoms with Crippen LogP contribution in [0.2, 0.25) is 0 Å². The van der Waals surface area contributed by atoms with Gasteiger partial charge in [0.15, 0.2) is 6.29 Å². The molecule has 1 aliphatic heterocycles. The van der Waals surface area contributed by atoms with Gasteiger partial charge in [-0.05, 0) is 122 Å². The zero-order chi connectivity index (χ0) is 54.3. The molecule has 0 saturated carbocycles. The lowest BCUT2D eigenvalue weighted by atomic mass is 9.99. The standard InChI is InChI=1S/C66H105NO8/c1-3-5-7-9-11-13-15-17-19-20-21-22-23-24-25-26-27-28-29-30-31-32-33-34-35-36-37-38-39-40-42-44-46-48-50-52-54-56-62(70)67-59(58-74-66-65(73)64(72)63(71)61(57-68)75-66)60(69)55-53-51-49-47-45-43-41-18-16-14-12-10-8-6-4-2/h5,7,11,13,16-19,21-22,24-25,27-28,30-31,33-34,36-37,39-40,45,47,53,55,59-61,63-66,68-69,71-73H,3-4,6,8-10,12,14-15,20,23,26,29,32,35,38,41-44,46,48-52,54,56-58H2,1-2H3,(H,67,70)/b7-5-,13-11-,18-16+,19-17-,22-21-,25-24-,28-27-,31-30-,34-33-,37-36-,40-39-,47-45+,55-53+. The highest BCUT2D eigenvalue weighted by molar-refractivity contribution is 5.76. The van der Waals surface area contributed by atoms with E-state index >= 15 is 0 Å². The molecule has 1 saturated heterocycles. The summed E-state index contributed by atoms with van der Waals surface area (Å²) in [6.45, 7) is 3.59. The minimum atomic E-state index is -1.59. The Morgan fingerprint density at radius 1 is 0.467 bits per heavy atom. The number of unbranched alkanes of at least 4 members (excludes halogenated alkanes) is 13. The van der Waals surface area contributed by atoms with Crippen molar-refractivity contribution in [2.24, 2.45) is 0 Å². The van der Waals surface area contributed by atoms with E-state index in [4.69, 9.17) is 9.47 Å². The third-order valence-electron chi connectivity index (χ3n) is 12.6. The Labute approximate surface area is 456 Å². The number of rotatable bonds is 47. The van der Waals surface area contributed by atoms with Crippen LogP contribution in [-0.2, 0) is 14.3 Å². The number of nitrogens with one attached hydrogen (secondary N) is 1. The van der Waals surface area contributed by atoms with Crippen LogP contribution in [-0.4, -0.2) is 87.5 Å². The van der Waals surface area contributed by atoms with E-state index < -0.39 is 49.5 Å². The Bertz CT molecular complexity index is 1730. The van der Waals surface area contributed by atoms with E-state index in [2.05, 4.69) is 165 Å². The van der Waals surface area contributed by atoms with Gasteiger partial charge in [0.05, 0.1) is 25.4 Å². The highest BCUT2D eigenvalue weighted by Crippen LogP contribution is 2.22. The van der Waals surface area contributed by atoms with Crippen LogP contribution in [0.15, 0.2) is 158 Å². The zero-order valence-corrected chi connectivity index (χ0v) is 46.7. The van der Waals surface area contributed by atoms with E-state index in [0.717, 1.165) is 135 Å². The van der Waals surface area contributed by atoms with Gasteiger partial charge >= 0.3 is 0 Å². The van der Waals surface area contributed by atoms with Crippen LogP contribution in [0.3, 0.4) is 0 Å². The van der Waals surface area contributed by atoms with Crippen LogP contribution >= 0.6 is 0 Å². The van der Waals surface area contributed by atoms with Crippen LogP contribution < -0.4 is 5.32 Å². The molecular weight excluding hydrogens is 935 g/mol. The molecule has 1 fully saturated rings. The van der Waals surface area contributed by atoms with Gasteiger partial charge in [0.2, 0.25) is 5.91 Å². The molecule has 9 heteroatoms. The van der Waals surface area contributed by atoms with E-state index in [0.29, 0.717) is 12.8 Å². The second-order valence-corrected chi connectivity index (χ2v) is 19.3. The molecule has 0 aliphatic carbocycles. The molecular formula is C66H105NO8. The second-order valence-electron chi connectivity index (χ2n) is 19.3. The summed E-state index contributed by atoms with van der Waals surface area (Å²) in [6.07, 6.45) is 77.3. The van der Waals surface area contributed by atoms with Crippen molar-refractivity contribution in [1.29, 1.82) is 0 Å². The first-order valence-electron chi connectivity index (χ1n) is 29.2. The summed E-state index contributed by atoms with van der Waals surface area (Å²) in [5.41, 5.74) is 0. The molecule has 1 rings (SSSR count). The molecule has 9 nitrogen and oxygen atoms in total. The van der Waals surface area contributed by atoms with Crippen molar-refractivity contribution < 1.29 is 39.8 Å². The Hall–Kier alpha value is -4.19. The van der Waals surface area contributed by atoms with E-state index in [-0.39, 0.29) is 12.5 Å². The summed E-state index contributed by atoms with van der Waals surface area (Å²) in [5.74, 6) is -0.214. The molecule has 0 bridgehead atoms. The Morgan fingerprint density at radius 2 is 0.840 bits per heavy atom. The number of hydrogen-bond donors (Lipinski definition) is 6. The average Bonchev–Trinajstić information content (AvgIpc) is 3.41. The fourth-order valence-corrected chi connectivity index (χ4v) is 7.98. The van der Waals surface area contributed by atoms with Gasteiger partial charge in [0.25, 0.3) is 0 Å². The third-order valence-corrected chi connectivity index (χ3v) is 12.6. The molecule has 6 N–H and O–H groups in total. The van der Waals surface area contributed by atoms with Crippen LogP contribution in [0.25, 0.3) is 0 Å². The lowest BCUT2D eigenvalue weighted by molar-refractivity contribution is -0.302. The van der Waals surface area contributed by atoms with Crippen molar-refractivity contribution in [3.63, 3.8) is 0 Å². The van der Waals surface area contributed by atoms with Crippen molar-refractivity contribution >= 4 is 5.91 Å². The number of allylic oxidation sites excluding steroid dienone is 25. The number of aliphatic hydroxyl groups excluding tert-OH is 5. The molecule has 0 radical (unpaired) electrons. The minimum Gasteiger partial charge on any atom is -0.394 e. The first-order valence-corrected chi connectivity index (χ1v) is 29.2. The van der Waals surface area contributed by atoms with Gasteiger partial charge in [-0.15, -0.1) is 0 Å². The molecule has 0 aromatic carbocycles. The number of amides is 1. The molecule has 0 aromatic heterocycles. The fourth-order valence-electron chi connectivity index (χ4n) is 7.98. The quantitative estimate of drug-likeness (QED) is 0.0261.